The van der Waals surface area contributed by atoms with Gasteiger partial charge >= 0.3 is 5.97 Å². The standard InChI is InChI=1S/C16H23NO2/c1-3-13-6-8-14(9-7-13)12-16(2,15(18)19)17-10-4-5-11-17/h6-9H,3-5,10-12H2,1-2H3,(H,18,19). The van der Waals surface area contributed by atoms with Crippen LogP contribution in [0, 0.1) is 0 Å². The number of hydrogen-bond acceptors (Lipinski definition) is 2. The van der Waals surface area contributed by atoms with E-state index in [9.17, 15) is 9.90 Å². The number of rotatable bonds is 5. The number of hydrogen-bond donors (Lipinski definition) is 1. The zero-order valence-corrected chi connectivity index (χ0v) is 11.9. The van der Waals surface area contributed by atoms with E-state index >= 15 is 0 Å². The van der Waals surface area contributed by atoms with E-state index in [1.54, 1.807) is 0 Å². The van der Waals surface area contributed by atoms with Crippen LogP contribution in [0.4, 0.5) is 0 Å². The van der Waals surface area contributed by atoms with Crippen LogP contribution in [-0.2, 0) is 17.6 Å². The third-order valence-electron chi connectivity index (χ3n) is 4.24. The van der Waals surface area contributed by atoms with Crippen LogP contribution in [0.2, 0.25) is 0 Å². The molecule has 0 bridgehead atoms. The average Bonchev–Trinajstić information content (AvgIpc) is 2.93. The Kier molecular flexibility index (Phi) is 4.25. The van der Waals surface area contributed by atoms with Crippen LogP contribution in [0.1, 0.15) is 37.8 Å². The van der Waals surface area contributed by atoms with Gasteiger partial charge in [0.25, 0.3) is 0 Å². The molecule has 3 heteroatoms. The second kappa shape index (κ2) is 5.74. The Hall–Kier alpha value is -1.35. The first kappa shape index (κ1) is 14.1. The van der Waals surface area contributed by atoms with Crippen LogP contribution in [0.5, 0.6) is 0 Å². The summed E-state index contributed by atoms with van der Waals surface area (Å²) in [5, 5.41) is 9.61. The molecule has 0 spiro atoms. The minimum atomic E-state index is -0.774. The van der Waals surface area contributed by atoms with Crippen LogP contribution < -0.4 is 0 Å². The predicted octanol–water partition coefficient (Wildman–Crippen LogP) is 2.73. The lowest BCUT2D eigenvalue weighted by atomic mass is 9.90. The van der Waals surface area contributed by atoms with E-state index in [1.165, 1.54) is 5.56 Å². The summed E-state index contributed by atoms with van der Waals surface area (Å²) in [6.45, 7) is 5.78. The Morgan fingerprint density at radius 3 is 2.21 bits per heavy atom. The summed E-state index contributed by atoms with van der Waals surface area (Å²) in [7, 11) is 0. The monoisotopic (exact) mass is 261 g/mol. The molecule has 1 aliphatic rings. The van der Waals surface area contributed by atoms with Crippen molar-refractivity contribution in [3.63, 3.8) is 0 Å². The Morgan fingerprint density at radius 1 is 1.21 bits per heavy atom. The van der Waals surface area contributed by atoms with Gasteiger partial charge in [0.15, 0.2) is 0 Å². The molecule has 2 rings (SSSR count). The van der Waals surface area contributed by atoms with Crippen LogP contribution in [-0.4, -0.2) is 34.6 Å². The Labute approximate surface area is 115 Å². The first-order valence-corrected chi connectivity index (χ1v) is 7.12. The summed E-state index contributed by atoms with van der Waals surface area (Å²) in [5.74, 6) is -0.714. The third-order valence-corrected chi connectivity index (χ3v) is 4.24. The quantitative estimate of drug-likeness (QED) is 0.886. The zero-order valence-electron chi connectivity index (χ0n) is 11.9. The number of likely N-dealkylation sites (tertiary alicyclic amines) is 1. The maximum absolute atomic E-state index is 11.7. The van der Waals surface area contributed by atoms with E-state index < -0.39 is 11.5 Å². The zero-order chi connectivity index (χ0) is 13.9. The summed E-state index contributed by atoms with van der Waals surface area (Å²) in [6.07, 6.45) is 3.81. The molecule has 0 amide bonds. The maximum Gasteiger partial charge on any atom is 0.324 e. The fraction of sp³-hybridized carbons (Fsp3) is 0.562. The second-order valence-electron chi connectivity index (χ2n) is 5.62. The van der Waals surface area contributed by atoms with E-state index in [0.717, 1.165) is 37.9 Å². The molecule has 1 aromatic carbocycles. The summed E-state index contributed by atoms with van der Waals surface area (Å²) in [4.78, 5) is 13.8. The normalized spacial score (nSPS) is 19.3. The van der Waals surface area contributed by atoms with Crippen LogP contribution >= 0.6 is 0 Å². The number of aryl methyl sites for hydroxylation is 1. The predicted molar refractivity (Wildman–Crippen MR) is 76.4 cm³/mol. The number of benzene rings is 1. The van der Waals surface area contributed by atoms with Gasteiger partial charge in [-0.3, -0.25) is 9.69 Å². The van der Waals surface area contributed by atoms with Crippen molar-refractivity contribution in [1.82, 2.24) is 4.90 Å². The van der Waals surface area contributed by atoms with Crippen molar-refractivity contribution < 1.29 is 9.90 Å². The van der Waals surface area contributed by atoms with Crippen molar-refractivity contribution in [2.45, 2.75) is 45.1 Å². The molecule has 1 unspecified atom stereocenters. The van der Waals surface area contributed by atoms with Crippen molar-refractivity contribution >= 4 is 5.97 Å². The highest BCUT2D eigenvalue weighted by molar-refractivity contribution is 5.78. The van der Waals surface area contributed by atoms with Gasteiger partial charge in [-0.1, -0.05) is 31.2 Å². The molecule has 3 nitrogen and oxygen atoms in total. The molecule has 19 heavy (non-hydrogen) atoms. The van der Waals surface area contributed by atoms with Crippen LogP contribution in [0.15, 0.2) is 24.3 Å². The van der Waals surface area contributed by atoms with Gasteiger partial charge in [-0.2, -0.15) is 0 Å². The molecule has 1 aromatic rings. The summed E-state index contributed by atoms with van der Waals surface area (Å²) >= 11 is 0. The van der Waals surface area contributed by atoms with E-state index in [2.05, 4.69) is 36.1 Å². The molecule has 0 radical (unpaired) electrons. The molecule has 1 aliphatic heterocycles. The van der Waals surface area contributed by atoms with Gasteiger partial charge in [-0.05, 0) is 50.4 Å². The average molecular weight is 261 g/mol. The summed E-state index contributed by atoms with van der Waals surface area (Å²) < 4.78 is 0. The lowest BCUT2D eigenvalue weighted by molar-refractivity contribution is -0.149. The molecule has 104 valence electrons. The molecular weight excluding hydrogens is 238 g/mol. The Balaban J connectivity index is 2.17. The Morgan fingerprint density at radius 2 is 1.74 bits per heavy atom. The highest BCUT2D eigenvalue weighted by atomic mass is 16.4. The van der Waals surface area contributed by atoms with Crippen LogP contribution in [0.3, 0.4) is 0 Å². The molecule has 0 aliphatic carbocycles. The smallest absolute Gasteiger partial charge is 0.324 e. The molecule has 1 saturated heterocycles. The van der Waals surface area contributed by atoms with Crippen molar-refractivity contribution in [3.05, 3.63) is 35.4 Å². The minimum absolute atomic E-state index is 0.576. The van der Waals surface area contributed by atoms with Crippen molar-refractivity contribution in [3.8, 4) is 0 Å². The van der Waals surface area contributed by atoms with Crippen molar-refractivity contribution in [2.24, 2.45) is 0 Å². The first-order valence-electron chi connectivity index (χ1n) is 7.12. The molecule has 1 atom stereocenters. The molecular formula is C16H23NO2. The van der Waals surface area contributed by atoms with Gasteiger partial charge < -0.3 is 5.11 Å². The Bertz CT molecular complexity index is 435. The fourth-order valence-corrected chi connectivity index (χ4v) is 2.82. The molecule has 0 aromatic heterocycles. The van der Waals surface area contributed by atoms with Gasteiger partial charge in [-0.25, -0.2) is 0 Å². The van der Waals surface area contributed by atoms with Crippen molar-refractivity contribution in [2.75, 3.05) is 13.1 Å². The lowest BCUT2D eigenvalue weighted by Gasteiger charge is -2.35. The third kappa shape index (κ3) is 2.98. The van der Waals surface area contributed by atoms with Crippen molar-refractivity contribution in [1.29, 1.82) is 0 Å². The number of aliphatic carboxylic acids is 1. The topological polar surface area (TPSA) is 40.5 Å². The largest absolute Gasteiger partial charge is 0.480 e. The highest BCUT2D eigenvalue weighted by Crippen LogP contribution is 2.26. The molecule has 1 heterocycles. The number of nitrogens with zero attached hydrogens (tertiary/aromatic N) is 1. The number of carbonyl (C=O) groups is 1. The highest BCUT2D eigenvalue weighted by Gasteiger charge is 2.40. The maximum atomic E-state index is 11.7. The molecule has 1 N–H and O–H groups in total. The summed E-state index contributed by atoms with van der Waals surface area (Å²) in [6, 6.07) is 8.33. The van der Waals surface area contributed by atoms with E-state index in [0.29, 0.717) is 6.42 Å². The molecule has 0 saturated carbocycles. The molecule has 1 fully saturated rings. The fourth-order valence-electron chi connectivity index (χ4n) is 2.82. The van der Waals surface area contributed by atoms with Gasteiger partial charge in [0.1, 0.15) is 5.54 Å². The van der Waals surface area contributed by atoms with Gasteiger partial charge in [0, 0.05) is 6.42 Å². The lowest BCUT2D eigenvalue weighted by Crippen LogP contribution is -2.52. The number of carboxylic acid groups (broad SMARTS) is 1. The van der Waals surface area contributed by atoms with Crippen LogP contribution in [0.25, 0.3) is 0 Å². The SMILES string of the molecule is CCc1ccc(CC(C)(C(=O)O)N2CCCC2)cc1. The summed E-state index contributed by atoms with van der Waals surface area (Å²) in [5.41, 5.74) is 1.63. The van der Waals surface area contributed by atoms with Gasteiger partial charge in [-0.15, -0.1) is 0 Å². The van der Waals surface area contributed by atoms with E-state index in [1.807, 2.05) is 6.92 Å². The second-order valence-corrected chi connectivity index (χ2v) is 5.62. The number of carboxylic acids is 1. The van der Waals surface area contributed by atoms with Gasteiger partial charge in [0.2, 0.25) is 0 Å². The van der Waals surface area contributed by atoms with Gasteiger partial charge in [0.05, 0.1) is 0 Å². The first-order chi connectivity index (χ1) is 9.06. The van der Waals surface area contributed by atoms with E-state index in [4.69, 9.17) is 0 Å². The van der Waals surface area contributed by atoms with E-state index in [-0.39, 0.29) is 0 Å². The minimum Gasteiger partial charge on any atom is -0.480 e.